The predicted octanol–water partition coefficient (Wildman–Crippen LogP) is 2.19. The van der Waals surface area contributed by atoms with Crippen LogP contribution in [0.5, 0.6) is 11.5 Å². The first-order valence-electron chi connectivity index (χ1n) is 8.80. The summed E-state index contributed by atoms with van der Waals surface area (Å²) in [6.07, 6.45) is 1.59. The summed E-state index contributed by atoms with van der Waals surface area (Å²) in [4.78, 5) is 12.2. The minimum absolute atomic E-state index is 0.108. The molecule has 1 amide bonds. The summed E-state index contributed by atoms with van der Waals surface area (Å²) in [6, 6.07) is 14.5. The van der Waals surface area contributed by atoms with Crippen molar-refractivity contribution in [2.75, 3.05) is 36.6 Å². The van der Waals surface area contributed by atoms with Crippen LogP contribution in [0.4, 0.5) is 11.6 Å². The highest BCUT2D eigenvalue weighted by molar-refractivity contribution is 7.99. The minimum Gasteiger partial charge on any atom is -0.497 e. The predicted molar refractivity (Wildman–Crippen MR) is 117 cm³/mol. The Labute approximate surface area is 177 Å². The van der Waals surface area contributed by atoms with Crippen LogP contribution in [0, 0.1) is 0 Å². The van der Waals surface area contributed by atoms with Gasteiger partial charge in [0.1, 0.15) is 11.5 Å². The van der Waals surface area contributed by atoms with Gasteiger partial charge in [-0.1, -0.05) is 30.0 Å². The van der Waals surface area contributed by atoms with Gasteiger partial charge < -0.3 is 20.6 Å². The van der Waals surface area contributed by atoms with E-state index in [2.05, 4.69) is 26.0 Å². The fourth-order valence-electron chi connectivity index (χ4n) is 2.41. The zero-order valence-electron chi connectivity index (χ0n) is 16.4. The van der Waals surface area contributed by atoms with Gasteiger partial charge in [-0.05, 0) is 24.3 Å². The van der Waals surface area contributed by atoms with Crippen LogP contribution in [-0.2, 0) is 4.79 Å². The third-order valence-corrected chi connectivity index (χ3v) is 4.80. The maximum Gasteiger partial charge on any atom is 0.264 e. The minimum atomic E-state index is -0.208. The Bertz CT molecular complexity index is 1040. The maximum absolute atomic E-state index is 12.2. The first-order chi connectivity index (χ1) is 14.6. The van der Waals surface area contributed by atoms with Gasteiger partial charge in [-0.2, -0.15) is 5.10 Å². The largest absolute Gasteiger partial charge is 0.497 e. The molecular weight excluding hydrogens is 406 g/mol. The highest BCUT2D eigenvalue weighted by Crippen LogP contribution is 2.20. The first kappa shape index (κ1) is 21.0. The Morgan fingerprint density at radius 2 is 2.03 bits per heavy atom. The summed E-state index contributed by atoms with van der Waals surface area (Å²) in [5, 5.41) is 15.2. The second-order valence-electron chi connectivity index (χ2n) is 5.86. The van der Waals surface area contributed by atoms with E-state index in [0.717, 1.165) is 17.3 Å². The topological polar surface area (TPSA) is 129 Å². The number of benzene rings is 2. The van der Waals surface area contributed by atoms with Crippen LogP contribution in [0.1, 0.15) is 5.56 Å². The molecule has 0 aliphatic rings. The zero-order chi connectivity index (χ0) is 21.3. The number of amides is 1. The van der Waals surface area contributed by atoms with Gasteiger partial charge in [0.05, 0.1) is 26.2 Å². The van der Waals surface area contributed by atoms with Crippen LogP contribution in [-0.4, -0.2) is 47.0 Å². The van der Waals surface area contributed by atoms with Crippen molar-refractivity contribution in [3.8, 4) is 11.5 Å². The SMILES string of the molecule is COc1cccc(NC(=O)CSc2nnc(N/N=C/c3ccccc3OC)n2N)c1. The van der Waals surface area contributed by atoms with E-state index in [-0.39, 0.29) is 17.6 Å². The second-order valence-corrected chi connectivity index (χ2v) is 6.80. The van der Waals surface area contributed by atoms with Crippen molar-refractivity contribution in [3.63, 3.8) is 0 Å². The lowest BCUT2D eigenvalue weighted by molar-refractivity contribution is -0.113. The number of carbonyl (C=O) groups excluding carboxylic acids is 1. The molecule has 30 heavy (non-hydrogen) atoms. The summed E-state index contributed by atoms with van der Waals surface area (Å²) in [5.74, 6) is 7.46. The van der Waals surface area contributed by atoms with E-state index >= 15 is 0 Å². The van der Waals surface area contributed by atoms with Gasteiger partial charge >= 0.3 is 0 Å². The Kier molecular flexibility index (Phi) is 7.11. The highest BCUT2D eigenvalue weighted by Gasteiger charge is 2.12. The van der Waals surface area contributed by atoms with Crippen molar-refractivity contribution in [3.05, 3.63) is 54.1 Å². The average Bonchev–Trinajstić information content (AvgIpc) is 3.12. The molecule has 0 bridgehead atoms. The molecule has 1 heterocycles. The summed E-state index contributed by atoms with van der Waals surface area (Å²) in [6.45, 7) is 0. The second kappa shape index (κ2) is 10.2. The normalized spacial score (nSPS) is 10.7. The number of nitrogens with zero attached hydrogens (tertiary/aromatic N) is 4. The van der Waals surface area contributed by atoms with E-state index in [4.69, 9.17) is 15.3 Å². The molecule has 0 unspecified atom stereocenters. The lowest BCUT2D eigenvalue weighted by Gasteiger charge is -2.07. The number of carbonyl (C=O) groups is 1. The number of nitrogens with one attached hydrogen (secondary N) is 2. The van der Waals surface area contributed by atoms with Crippen LogP contribution in [0.3, 0.4) is 0 Å². The molecule has 11 heteroatoms. The molecule has 0 fully saturated rings. The number of thioether (sulfide) groups is 1. The molecule has 3 rings (SSSR count). The molecule has 0 atom stereocenters. The monoisotopic (exact) mass is 427 g/mol. The van der Waals surface area contributed by atoms with Crippen molar-refractivity contribution >= 4 is 35.5 Å². The molecule has 0 aliphatic heterocycles. The molecular formula is C19H21N7O3S. The van der Waals surface area contributed by atoms with Gasteiger partial charge in [0, 0.05) is 17.3 Å². The third kappa shape index (κ3) is 5.41. The summed E-state index contributed by atoms with van der Waals surface area (Å²) in [7, 11) is 3.15. The average molecular weight is 427 g/mol. The molecule has 0 radical (unpaired) electrons. The Morgan fingerprint density at radius 1 is 1.20 bits per heavy atom. The molecule has 1 aromatic heterocycles. The molecule has 156 valence electrons. The van der Waals surface area contributed by atoms with Crippen molar-refractivity contribution < 1.29 is 14.3 Å². The molecule has 0 aliphatic carbocycles. The van der Waals surface area contributed by atoms with Gasteiger partial charge in [-0.3, -0.25) is 4.79 Å². The van der Waals surface area contributed by atoms with E-state index in [1.54, 1.807) is 44.7 Å². The number of hydrazone groups is 1. The fraction of sp³-hybridized carbons (Fsp3) is 0.158. The van der Waals surface area contributed by atoms with Crippen LogP contribution >= 0.6 is 11.8 Å². The van der Waals surface area contributed by atoms with Gasteiger partial charge in [0.2, 0.25) is 11.1 Å². The smallest absolute Gasteiger partial charge is 0.264 e. The summed E-state index contributed by atoms with van der Waals surface area (Å²) < 4.78 is 11.6. The van der Waals surface area contributed by atoms with E-state index < -0.39 is 0 Å². The number of aromatic nitrogens is 3. The van der Waals surface area contributed by atoms with Crippen LogP contribution in [0.2, 0.25) is 0 Å². The third-order valence-electron chi connectivity index (χ3n) is 3.86. The first-order valence-corrected chi connectivity index (χ1v) is 9.78. The van der Waals surface area contributed by atoms with Gasteiger partial charge in [0.25, 0.3) is 5.95 Å². The molecule has 2 aromatic carbocycles. The van der Waals surface area contributed by atoms with Gasteiger partial charge in [0.15, 0.2) is 0 Å². The molecule has 0 saturated heterocycles. The van der Waals surface area contributed by atoms with Crippen molar-refractivity contribution in [1.29, 1.82) is 0 Å². The van der Waals surface area contributed by atoms with Gasteiger partial charge in [-0.25, -0.2) is 10.1 Å². The lowest BCUT2D eigenvalue weighted by atomic mass is 10.2. The summed E-state index contributed by atoms with van der Waals surface area (Å²) >= 11 is 1.15. The number of nitrogens with two attached hydrogens (primary N) is 1. The Balaban J connectivity index is 1.54. The van der Waals surface area contributed by atoms with Crippen LogP contribution in [0.25, 0.3) is 0 Å². The number of nitrogen functional groups attached to an aromatic ring is 1. The highest BCUT2D eigenvalue weighted by atomic mass is 32.2. The zero-order valence-corrected chi connectivity index (χ0v) is 17.2. The Morgan fingerprint density at radius 3 is 2.83 bits per heavy atom. The number of methoxy groups -OCH3 is 2. The molecule has 10 nitrogen and oxygen atoms in total. The standard InChI is InChI=1S/C19H21N7O3S/c1-28-15-8-5-7-14(10-15)22-17(27)12-30-19-25-24-18(26(19)20)23-21-11-13-6-3-4-9-16(13)29-2/h3-11H,12,20H2,1-2H3,(H,22,27)(H,23,24)/b21-11+. The number of anilines is 2. The van der Waals surface area contributed by atoms with Crippen LogP contribution < -0.4 is 26.1 Å². The van der Waals surface area contributed by atoms with E-state index in [9.17, 15) is 4.79 Å². The maximum atomic E-state index is 12.2. The number of hydrogen-bond acceptors (Lipinski definition) is 9. The quantitative estimate of drug-likeness (QED) is 0.205. The van der Waals surface area contributed by atoms with E-state index in [0.29, 0.717) is 22.3 Å². The van der Waals surface area contributed by atoms with Crippen molar-refractivity contribution in [2.45, 2.75) is 5.16 Å². The van der Waals surface area contributed by atoms with Crippen molar-refractivity contribution in [2.24, 2.45) is 5.10 Å². The van der Waals surface area contributed by atoms with E-state index in [1.807, 2.05) is 24.3 Å². The molecule has 0 spiro atoms. The molecule has 3 aromatic rings. The van der Waals surface area contributed by atoms with Crippen molar-refractivity contribution in [1.82, 2.24) is 14.9 Å². The number of para-hydroxylation sites is 1. The van der Waals surface area contributed by atoms with E-state index in [1.165, 1.54) is 4.68 Å². The van der Waals surface area contributed by atoms with Gasteiger partial charge in [-0.15, -0.1) is 10.2 Å². The number of hydrogen-bond donors (Lipinski definition) is 3. The number of rotatable bonds is 9. The fourth-order valence-corrected chi connectivity index (χ4v) is 3.07. The molecule has 4 N–H and O–H groups in total. The van der Waals surface area contributed by atoms with Crippen LogP contribution in [0.15, 0.2) is 58.8 Å². The summed E-state index contributed by atoms with van der Waals surface area (Å²) in [5.41, 5.74) is 4.16. The number of ether oxygens (including phenoxy) is 2. The molecule has 0 saturated carbocycles. The Hall–Kier alpha value is -3.73. The lowest BCUT2D eigenvalue weighted by Crippen LogP contribution is -2.16.